The SMILES string of the molecule is CC(=O)C=C(C)O.CC(=O)C=C(C)O.CC(=O)C=C(C)O.CC(=O)C=C(C)O.CC(=O)C=C(C)O.CN(C)c1ccc2[c-]c(-c3nc4ccccc4s3)c(=O)oc2c1.FC(F)(F)c1c[c-]c(-c2ccccn2)cc1.[Ir].[Ir].[Ir].[Ir].[Ir].[Ir].[c-]1cc2ccccc2cc1-c1nccc2ccccc12.[c-]1ccc2ccccc2c1-c1nc2ccccc2s1.[c-]1ccccc1-c1nc2ccccc2o1.[c-]1ccsc1-c1ccccn1. The summed E-state index contributed by atoms with van der Waals surface area (Å²) in [6.45, 7) is 14.2. The van der Waals surface area contributed by atoms with E-state index in [-0.39, 0.29) is 178 Å². The number of allylic oxidation sites excluding steroid dienone is 10. The number of aliphatic hydroxyl groups is 5. The van der Waals surface area contributed by atoms with Crippen LogP contribution >= 0.6 is 34.0 Å². The van der Waals surface area contributed by atoms with E-state index in [9.17, 15) is 41.9 Å². The molecule has 20 nitrogen and oxygen atoms in total. The van der Waals surface area contributed by atoms with E-state index in [4.69, 9.17) is 39.4 Å². The molecular formula is C113H96F3Ir6N7O13S3-6. The van der Waals surface area contributed by atoms with Crippen molar-refractivity contribution in [3.8, 4) is 65.7 Å². The molecule has 0 spiro atoms. The summed E-state index contributed by atoms with van der Waals surface area (Å²) in [5.41, 5.74) is 10.6. The summed E-state index contributed by atoms with van der Waals surface area (Å²) in [5, 5.41) is 53.5. The molecule has 0 fully saturated rings. The number of hydrogen-bond donors (Lipinski definition) is 5. The first kappa shape index (κ1) is 127. The summed E-state index contributed by atoms with van der Waals surface area (Å²) < 4.78 is 50.2. The number of alkyl halides is 3. The predicted molar refractivity (Wildman–Crippen MR) is 553 cm³/mol. The zero-order valence-electron chi connectivity index (χ0n) is 79.7. The fourth-order valence-corrected chi connectivity index (χ4v) is 15.1. The number of aliphatic hydroxyl groups excluding tert-OH is 5. The maximum Gasteiger partial charge on any atom is 0.381 e. The third kappa shape index (κ3) is 42.9. The number of nitrogens with zero attached hydrogens (tertiary/aromatic N) is 7. The van der Waals surface area contributed by atoms with Crippen LogP contribution in [0.4, 0.5) is 18.9 Å². The second kappa shape index (κ2) is 65.0. The Morgan fingerprint density at radius 3 is 1.33 bits per heavy atom. The molecule has 0 saturated heterocycles. The second-order valence-corrected chi connectivity index (χ2v) is 33.3. The Morgan fingerprint density at radius 1 is 0.386 bits per heavy atom. The van der Waals surface area contributed by atoms with Crippen LogP contribution in [0, 0.1) is 36.4 Å². The van der Waals surface area contributed by atoms with Crippen molar-refractivity contribution in [2.45, 2.75) is 75.4 Å². The number of carbonyl (C=O) groups is 5. The van der Waals surface area contributed by atoms with Crippen LogP contribution in [-0.4, -0.2) is 98.4 Å². The van der Waals surface area contributed by atoms with E-state index in [2.05, 4.69) is 158 Å². The molecule has 0 aliphatic rings. The van der Waals surface area contributed by atoms with Crippen molar-refractivity contribution in [1.82, 2.24) is 29.9 Å². The van der Waals surface area contributed by atoms with Crippen LogP contribution in [0.2, 0.25) is 0 Å². The summed E-state index contributed by atoms with van der Waals surface area (Å²) in [5.74, 6) is 0.310. The molecule has 0 unspecified atom stereocenters. The first-order valence-corrected chi connectivity index (χ1v) is 45.2. The number of aromatic nitrogens is 6. The van der Waals surface area contributed by atoms with Crippen molar-refractivity contribution in [2.24, 2.45) is 0 Å². The van der Waals surface area contributed by atoms with Crippen molar-refractivity contribution in [3.63, 3.8) is 0 Å². The van der Waals surface area contributed by atoms with E-state index in [1.54, 1.807) is 53.3 Å². The topological polar surface area (TPSA) is 310 Å². The van der Waals surface area contributed by atoms with E-state index in [1.807, 2.05) is 176 Å². The van der Waals surface area contributed by atoms with Crippen molar-refractivity contribution in [1.29, 1.82) is 0 Å². The van der Waals surface area contributed by atoms with Crippen LogP contribution in [0.15, 0.2) is 376 Å². The van der Waals surface area contributed by atoms with E-state index < -0.39 is 17.4 Å². The minimum Gasteiger partial charge on any atom is -0.512 e. The van der Waals surface area contributed by atoms with E-state index >= 15 is 0 Å². The van der Waals surface area contributed by atoms with Crippen LogP contribution in [0.25, 0.3) is 141 Å². The molecule has 0 saturated carbocycles. The Bertz CT molecular complexity index is 7290. The van der Waals surface area contributed by atoms with E-state index in [1.165, 1.54) is 154 Å². The van der Waals surface area contributed by atoms with E-state index in [0.29, 0.717) is 33.3 Å². The Hall–Kier alpha value is -12.7. The molecule has 0 aliphatic heterocycles. The molecule has 19 rings (SSSR count). The fraction of sp³-hybridized carbons (Fsp3) is 0.115. The molecule has 6 radical (unpaired) electrons. The standard InChI is InChI=1S/C19H12N.C18H13N2O2S.C17H10NS.C13H8NO.C12H7F3N.C9H6NS.5C5H8O2.6Ir/c1-2-7-16-13-17(10-9-14(16)5-1)19-18-8-4-3-6-15(18)11-12-20-19;1-20(2)12-8-7-11-9-13(18(21)22-15(11)10-12)17-19-14-5-3-4-6-16(14)23-17;1-2-8-13-12(6-1)7-5-9-14(13)17-18-15-10-3-4-11-16(15)19-17;1-2-6-10(7-3-1)13-14-11-8-4-5-9-12(11)15-13;13-12(14,15)10-6-4-9(5-7-10)11-3-1-2-8-16-11;1-2-6-10-8(4-1)9-5-3-7-11-9;5*1-4(6)3-5(2)7;;;;;;/h1-9,11-13H;3-8,10H,1-2H3;1-8,10-11H;1-6,8-9H;1-4,6-8H;1-4,6-7H;5*3,6H,1-2H3;;;;;;/q6*-1;;;;;;;;;;;. The molecule has 19 aromatic rings. The Morgan fingerprint density at radius 2 is 0.862 bits per heavy atom. The number of rotatable bonds is 12. The number of benzene rings is 11. The van der Waals surface area contributed by atoms with Gasteiger partial charge >= 0.3 is 6.18 Å². The van der Waals surface area contributed by atoms with Crippen molar-refractivity contribution < 1.29 is 192 Å². The van der Waals surface area contributed by atoms with Crippen molar-refractivity contribution >= 4 is 143 Å². The number of anilines is 1. The van der Waals surface area contributed by atoms with Crippen LogP contribution in [0.5, 0.6) is 0 Å². The Balaban J connectivity index is 0.000000419. The monoisotopic (exact) mass is 3070 g/mol. The molecule has 145 heavy (non-hydrogen) atoms. The maximum absolute atomic E-state index is 12.3. The van der Waals surface area contributed by atoms with Gasteiger partial charge in [-0.2, -0.15) is 48.0 Å². The Kier molecular flexibility index (Phi) is 56.7. The van der Waals surface area contributed by atoms with Crippen molar-refractivity contribution in [3.05, 3.63) is 415 Å². The molecule has 0 atom stereocenters. The smallest absolute Gasteiger partial charge is 0.381 e. The zero-order valence-corrected chi connectivity index (χ0v) is 96.6. The van der Waals surface area contributed by atoms with Gasteiger partial charge in [0, 0.05) is 204 Å². The third-order valence-electron chi connectivity index (χ3n) is 18.2. The van der Waals surface area contributed by atoms with E-state index in [0.717, 1.165) is 88.0 Å². The molecule has 8 heterocycles. The van der Waals surface area contributed by atoms with Crippen LogP contribution in [-0.2, 0) is 151 Å². The zero-order chi connectivity index (χ0) is 101. The fourth-order valence-electron chi connectivity index (χ4n) is 12.5. The summed E-state index contributed by atoms with van der Waals surface area (Å²) >= 11 is 4.85. The van der Waals surface area contributed by atoms with Gasteiger partial charge < -0.3 is 54.2 Å². The number of pyridine rings is 3. The first-order valence-electron chi connectivity index (χ1n) is 42.7. The number of thiazole rings is 2. The maximum atomic E-state index is 12.3. The van der Waals surface area contributed by atoms with Gasteiger partial charge in [0.2, 0.25) is 0 Å². The van der Waals surface area contributed by atoms with Gasteiger partial charge in [-0.15, -0.1) is 136 Å². The molecular weight excluding hydrogens is 2970 g/mol. The quantitative estimate of drug-likeness (QED) is 0.0328. The van der Waals surface area contributed by atoms with Crippen molar-refractivity contribution in [2.75, 3.05) is 19.0 Å². The number of thiophene rings is 1. The second-order valence-electron chi connectivity index (χ2n) is 30.3. The van der Waals surface area contributed by atoms with Crippen LogP contribution in [0.3, 0.4) is 0 Å². The average Bonchev–Trinajstić information content (AvgIpc) is 0.831. The number of fused-ring (bicyclic) bond motifs is 7. The summed E-state index contributed by atoms with van der Waals surface area (Å²) in [4.78, 5) is 91.9. The molecule has 8 aromatic heterocycles. The van der Waals surface area contributed by atoms with Gasteiger partial charge in [0.15, 0.2) is 28.9 Å². The predicted octanol–water partition coefficient (Wildman–Crippen LogP) is 28.4. The largest absolute Gasteiger partial charge is 0.512 e. The van der Waals surface area contributed by atoms with Gasteiger partial charge in [-0.25, -0.2) is 11.3 Å². The summed E-state index contributed by atoms with van der Waals surface area (Å²) in [7, 11) is 3.89. The van der Waals surface area contributed by atoms with Gasteiger partial charge in [-0.3, -0.25) is 43.7 Å². The average molecular weight is 3070 g/mol. The van der Waals surface area contributed by atoms with Gasteiger partial charge in [-0.05, 0) is 169 Å². The minimum atomic E-state index is -4.32. The molecule has 760 valence electrons. The van der Waals surface area contributed by atoms with Gasteiger partial charge in [0.05, 0.1) is 55.9 Å². The summed E-state index contributed by atoms with van der Waals surface area (Å²) in [6.07, 6.45) is 6.75. The Labute approximate surface area is 931 Å². The minimum absolute atomic E-state index is 0. The number of halogens is 3. The van der Waals surface area contributed by atoms with Crippen LogP contribution < -0.4 is 10.5 Å². The van der Waals surface area contributed by atoms with Crippen LogP contribution in [0.1, 0.15) is 74.8 Å². The molecule has 0 amide bonds. The number of oxazole rings is 1. The molecule has 32 heteroatoms. The number of hydrogen-bond acceptors (Lipinski definition) is 23. The third-order valence-corrected chi connectivity index (χ3v) is 21.2. The first-order chi connectivity index (χ1) is 66.5. The number of carbonyl (C=O) groups excluding carboxylic acids is 5. The number of ketones is 5. The molecule has 0 bridgehead atoms. The molecule has 11 aromatic carbocycles. The van der Waals surface area contributed by atoms with Gasteiger partial charge in [0.25, 0.3) is 5.63 Å². The van der Waals surface area contributed by atoms with Gasteiger partial charge in [-0.1, -0.05) is 166 Å². The van der Waals surface area contributed by atoms with Gasteiger partial charge in [0.1, 0.15) is 11.5 Å². The number of para-hydroxylation sites is 4. The normalized spacial score (nSPS) is 10.6. The molecule has 5 N–H and O–H groups in total. The molecule has 0 aliphatic carbocycles. The summed E-state index contributed by atoms with van der Waals surface area (Å²) in [6, 6.07) is 107.